The third-order valence-electron chi connectivity index (χ3n) is 3.93. The van der Waals surface area contributed by atoms with Gasteiger partial charge in [-0.25, -0.2) is 8.42 Å². The molecule has 0 saturated carbocycles. The predicted octanol–water partition coefficient (Wildman–Crippen LogP) is 4.06. The van der Waals surface area contributed by atoms with Crippen molar-refractivity contribution >= 4 is 38.9 Å². The topological polar surface area (TPSA) is 82.5 Å². The summed E-state index contributed by atoms with van der Waals surface area (Å²) in [4.78, 5) is 0.0343. The molecule has 0 amide bonds. The lowest BCUT2D eigenvalue weighted by molar-refractivity contribution is 0.354. The molecule has 1 N–H and O–H groups in total. The summed E-state index contributed by atoms with van der Waals surface area (Å²) >= 11 is 12.3. The van der Waals surface area contributed by atoms with Crippen molar-refractivity contribution in [1.29, 1.82) is 0 Å². The molecule has 1 aromatic heterocycles. The van der Waals surface area contributed by atoms with Crippen LogP contribution in [0.4, 0.5) is 5.69 Å². The first-order valence-corrected chi connectivity index (χ1v) is 10.3. The molecule has 28 heavy (non-hydrogen) atoms. The van der Waals surface area contributed by atoms with Crippen molar-refractivity contribution in [2.45, 2.75) is 11.4 Å². The fourth-order valence-electron chi connectivity index (χ4n) is 2.55. The number of halogens is 2. The highest BCUT2D eigenvalue weighted by atomic mass is 35.5. The minimum Gasteiger partial charge on any atom is -0.493 e. The molecule has 0 saturated heterocycles. The third-order valence-corrected chi connectivity index (χ3v) is 6.02. The Hall–Kier alpha value is -2.42. The minimum absolute atomic E-state index is 0.0343. The Bertz CT molecular complexity index is 1080. The second-order valence-electron chi connectivity index (χ2n) is 5.75. The number of sulfonamides is 1. The number of hydrogen-bond acceptors (Lipinski definition) is 5. The maximum absolute atomic E-state index is 12.7. The van der Waals surface area contributed by atoms with E-state index < -0.39 is 10.0 Å². The summed E-state index contributed by atoms with van der Waals surface area (Å²) in [6, 6.07) is 9.54. The zero-order chi connectivity index (χ0) is 20.3. The van der Waals surface area contributed by atoms with Gasteiger partial charge in [0, 0.05) is 27.9 Å². The first kappa shape index (κ1) is 20.3. The Labute approximate surface area is 172 Å². The van der Waals surface area contributed by atoms with Crippen molar-refractivity contribution in [2.75, 3.05) is 18.9 Å². The second kappa shape index (κ2) is 8.30. The predicted molar refractivity (Wildman–Crippen MR) is 108 cm³/mol. The molecule has 3 aromatic rings. The van der Waals surface area contributed by atoms with Crippen LogP contribution in [0.1, 0.15) is 5.56 Å². The van der Waals surface area contributed by atoms with E-state index in [0.29, 0.717) is 39.3 Å². The molecule has 0 aliphatic heterocycles. The van der Waals surface area contributed by atoms with Crippen molar-refractivity contribution in [3.8, 4) is 11.5 Å². The maximum Gasteiger partial charge on any atom is 0.262 e. The van der Waals surface area contributed by atoms with Crippen LogP contribution in [-0.4, -0.2) is 32.4 Å². The normalized spacial score (nSPS) is 11.3. The number of benzene rings is 2. The molecule has 0 radical (unpaired) electrons. The van der Waals surface area contributed by atoms with Crippen LogP contribution >= 0.6 is 23.2 Å². The quantitative estimate of drug-likeness (QED) is 0.597. The molecule has 0 fully saturated rings. The summed E-state index contributed by atoms with van der Waals surface area (Å²) in [5.74, 6) is 0.750. The molecule has 0 unspecified atom stereocenters. The monoisotopic (exact) mass is 441 g/mol. The number of rotatable bonds is 7. The summed E-state index contributed by atoms with van der Waals surface area (Å²) in [5.41, 5.74) is 1.00. The van der Waals surface area contributed by atoms with E-state index in [1.165, 1.54) is 38.6 Å². The largest absolute Gasteiger partial charge is 0.493 e. The smallest absolute Gasteiger partial charge is 0.262 e. The van der Waals surface area contributed by atoms with Gasteiger partial charge < -0.3 is 9.47 Å². The number of hydrogen-bond donors (Lipinski definition) is 1. The van der Waals surface area contributed by atoms with Gasteiger partial charge in [-0.05, 0) is 24.3 Å². The highest BCUT2D eigenvalue weighted by Gasteiger charge is 2.18. The number of anilines is 1. The zero-order valence-corrected chi connectivity index (χ0v) is 17.3. The molecular weight excluding hydrogens is 425 g/mol. The van der Waals surface area contributed by atoms with E-state index in [2.05, 4.69) is 9.82 Å². The molecule has 0 aliphatic rings. The highest BCUT2D eigenvalue weighted by Crippen LogP contribution is 2.30. The van der Waals surface area contributed by atoms with Gasteiger partial charge in [0.25, 0.3) is 10.0 Å². The van der Waals surface area contributed by atoms with Gasteiger partial charge in [-0.15, -0.1) is 0 Å². The zero-order valence-electron chi connectivity index (χ0n) is 15.0. The van der Waals surface area contributed by atoms with Crippen LogP contribution in [0.25, 0.3) is 0 Å². The van der Waals surface area contributed by atoms with Crippen LogP contribution in [-0.2, 0) is 16.6 Å². The van der Waals surface area contributed by atoms with Gasteiger partial charge in [0.05, 0.1) is 37.5 Å². The number of nitrogens with one attached hydrogen (secondary N) is 1. The van der Waals surface area contributed by atoms with E-state index in [9.17, 15) is 8.42 Å². The van der Waals surface area contributed by atoms with Gasteiger partial charge in [0.1, 0.15) is 0 Å². The summed E-state index contributed by atoms with van der Waals surface area (Å²) in [5, 5.41) is 5.18. The van der Waals surface area contributed by atoms with Crippen LogP contribution in [0.15, 0.2) is 53.7 Å². The summed E-state index contributed by atoms with van der Waals surface area (Å²) in [6.45, 7) is 0.302. The average Bonchev–Trinajstić information content (AvgIpc) is 3.10. The molecule has 2 aromatic carbocycles. The van der Waals surface area contributed by atoms with Crippen molar-refractivity contribution in [2.24, 2.45) is 0 Å². The maximum atomic E-state index is 12.7. The number of methoxy groups -OCH3 is 2. The van der Waals surface area contributed by atoms with E-state index in [1.807, 2.05) is 0 Å². The lowest BCUT2D eigenvalue weighted by Gasteiger charge is -2.10. The first-order valence-electron chi connectivity index (χ1n) is 8.04. The Morgan fingerprint density at radius 1 is 1.07 bits per heavy atom. The van der Waals surface area contributed by atoms with Crippen LogP contribution in [0.5, 0.6) is 11.5 Å². The van der Waals surface area contributed by atoms with Gasteiger partial charge in [0.15, 0.2) is 11.5 Å². The lowest BCUT2D eigenvalue weighted by Crippen LogP contribution is -2.12. The second-order valence-corrected chi connectivity index (χ2v) is 8.25. The fourth-order valence-corrected chi connectivity index (χ4v) is 4.11. The molecule has 1 heterocycles. The van der Waals surface area contributed by atoms with E-state index >= 15 is 0 Å². The Kier molecular flexibility index (Phi) is 6.02. The van der Waals surface area contributed by atoms with Crippen LogP contribution in [0.3, 0.4) is 0 Å². The molecule has 148 valence electrons. The molecule has 0 aliphatic carbocycles. The van der Waals surface area contributed by atoms with Gasteiger partial charge in [-0.1, -0.05) is 29.3 Å². The summed E-state index contributed by atoms with van der Waals surface area (Å²) < 4.78 is 39.6. The van der Waals surface area contributed by atoms with E-state index in [4.69, 9.17) is 32.7 Å². The SMILES string of the molecule is COc1ccc(S(=O)(=O)Nc2cnn(Cc3c(Cl)cccc3Cl)c2)cc1OC. The van der Waals surface area contributed by atoms with Gasteiger partial charge in [-0.2, -0.15) is 5.10 Å². The Morgan fingerprint density at radius 2 is 1.75 bits per heavy atom. The summed E-state index contributed by atoms with van der Waals surface area (Å²) in [6.07, 6.45) is 2.96. The number of nitrogens with zero attached hydrogens (tertiary/aromatic N) is 2. The number of aromatic nitrogens is 2. The summed E-state index contributed by atoms with van der Waals surface area (Å²) in [7, 11) is -0.926. The molecule has 7 nitrogen and oxygen atoms in total. The van der Waals surface area contributed by atoms with E-state index in [-0.39, 0.29) is 4.90 Å². The molecular formula is C18H17Cl2N3O4S. The molecule has 0 atom stereocenters. The molecule has 3 rings (SSSR count). The van der Waals surface area contributed by atoms with Gasteiger partial charge in [-0.3, -0.25) is 9.40 Å². The van der Waals surface area contributed by atoms with Crippen LogP contribution < -0.4 is 14.2 Å². The standard InChI is InChI=1S/C18H17Cl2N3O4S/c1-26-17-7-6-13(8-18(17)27-2)28(24,25)22-12-9-21-23(10-12)11-14-15(19)4-3-5-16(14)20/h3-10,22H,11H2,1-2H3. The average molecular weight is 442 g/mol. The van der Waals surface area contributed by atoms with E-state index in [1.54, 1.807) is 29.1 Å². The minimum atomic E-state index is -3.84. The molecule has 0 spiro atoms. The van der Waals surface area contributed by atoms with Crippen molar-refractivity contribution in [3.05, 3.63) is 64.4 Å². The molecule has 10 heteroatoms. The highest BCUT2D eigenvalue weighted by molar-refractivity contribution is 7.92. The van der Waals surface area contributed by atoms with Crippen molar-refractivity contribution < 1.29 is 17.9 Å². The van der Waals surface area contributed by atoms with Gasteiger partial charge in [0.2, 0.25) is 0 Å². The first-order chi connectivity index (χ1) is 13.3. The Morgan fingerprint density at radius 3 is 2.39 bits per heavy atom. The van der Waals surface area contributed by atoms with Crippen LogP contribution in [0, 0.1) is 0 Å². The lowest BCUT2D eigenvalue weighted by atomic mass is 10.2. The Balaban J connectivity index is 1.81. The number of ether oxygens (including phenoxy) is 2. The van der Waals surface area contributed by atoms with Gasteiger partial charge >= 0.3 is 0 Å². The molecule has 0 bridgehead atoms. The van der Waals surface area contributed by atoms with Crippen molar-refractivity contribution in [3.63, 3.8) is 0 Å². The fraction of sp³-hybridized carbons (Fsp3) is 0.167. The van der Waals surface area contributed by atoms with Crippen molar-refractivity contribution in [1.82, 2.24) is 9.78 Å². The van der Waals surface area contributed by atoms with E-state index in [0.717, 1.165) is 0 Å². The third kappa shape index (κ3) is 4.35. The van der Waals surface area contributed by atoms with Crippen LogP contribution in [0.2, 0.25) is 10.0 Å².